The van der Waals surface area contributed by atoms with Crippen molar-refractivity contribution in [3.8, 4) is 17.7 Å². The van der Waals surface area contributed by atoms with Crippen molar-refractivity contribution in [3.63, 3.8) is 0 Å². The van der Waals surface area contributed by atoms with Gasteiger partial charge in [0.2, 0.25) is 5.88 Å². The molecule has 1 fully saturated rings. The van der Waals surface area contributed by atoms with E-state index in [1.807, 2.05) is 24.1 Å². The number of methoxy groups -OCH3 is 1. The van der Waals surface area contributed by atoms with Crippen LogP contribution in [0.1, 0.15) is 16.9 Å². The Labute approximate surface area is 225 Å². The molecule has 2 atom stereocenters. The number of alkyl halides is 4. The van der Waals surface area contributed by atoms with Crippen LogP contribution in [0.4, 0.5) is 28.9 Å². The first kappa shape index (κ1) is 28.4. The lowest BCUT2D eigenvalue weighted by molar-refractivity contribution is -0.126. The van der Waals surface area contributed by atoms with E-state index in [4.69, 9.17) is 4.74 Å². The summed E-state index contributed by atoms with van der Waals surface area (Å²) < 4.78 is 61.3. The van der Waals surface area contributed by atoms with Crippen LogP contribution in [0.2, 0.25) is 0 Å². The Morgan fingerprint density at radius 3 is 2.68 bits per heavy atom. The Morgan fingerprint density at radius 2 is 2.00 bits per heavy atom. The van der Waals surface area contributed by atoms with Crippen molar-refractivity contribution in [2.45, 2.75) is 31.2 Å². The topological polar surface area (TPSA) is 49.4 Å². The van der Waals surface area contributed by atoms with E-state index in [1.165, 1.54) is 11.3 Å². The van der Waals surface area contributed by atoms with E-state index in [0.29, 0.717) is 45.2 Å². The highest BCUT2D eigenvalue weighted by molar-refractivity contribution is 7.63. The van der Waals surface area contributed by atoms with E-state index >= 15 is 0 Å². The summed E-state index contributed by atoms with van der Waals surface area (Å²) in [6, 6.07) is 8.59. The SMILES string of the molecule is COc1nc(P(C)C)ccc1NCC#Cc1sc2c(N[C@@H]3CCN(C)C[C@@H]3F)cccc2c1CC(F)(F)F. The number of fused-ring (bicyclic) bond motifs is 1. The minimum absolute atomic E-state index is 0.150. The number of hydrogen-bond acceptors (Lipinski definition) is 6. The number of nitrogens with one attached hydrogen (secondary N) is 2. The lowest BCUT2D eigenvalue weighted by atomic mass is 10.0. The van der Waals surface area contributed by atoms with Gasteiger partial charge < -0.3 is 20.3 Å². The van der Waals surface area contributed by atoms with Crippen LogP contribution in [-0.4, -0.2) is 75.4 Å². The van der Waals surface area contributed by atoms with E-state index in [-0.39, 0.29) is 20.0 Å². The molecule has 2 N–H and O–H groups in total. The molecule has 2 aromatic heterocycles. The van der Waals surface area contributed by atoms with Gasteiger partial charge in [-0.1, -0.05) is 31.9 Å². The van der Waals surface area contributed by atoms with Gasteiger partial charge in [-0.15, -0.1) is 11.3 Å². The van der Waals surface area contributed by atoms with Crippen LogP contribution in [0.15, 0.2) is 30.3 Å². The van der Waals surface area contributed by atoms with Crippen LogP contribution in [-0.2, 0) is 6.42 Å². The highest BCUT2D eigenvalue weighted by Gasteiger charge is 2.32. The van der Waals surface area contributed by atoms with E-state index in [1.54, 1.807) is 25.3 Å². The maximum atomic E-state index is 14.7. The molecule has 0 amide bonds. The van der Waals surface area contributed by atoms with Gasteiger partial charge in [-0.05, 0) is 55.9 Å². The Morgan fingerprint density at radius 1 is 1.21 bits per heavy atom. The van der Waals surface area contributed by atoms with Gasteiger partial charge in [-0.25, -0.2) is 9.37 Å². The third kappa shape index (κ3) is 6.88. The highest BCUT2D eigenvalue weighted by Crippen LogP contribution is 2.39. The Kier molecular flexibility index (Phi) is 9.02. The molecule has 0 radical (unpaired) electrons. The quantitative estimate of drug-likeness (QED) is 0.219. The first-order chi connectivity index (χ1) is 18.1. The standard InChI is InChI=1S/C27H31F4N4OPS/c1-35-14-12-20(19(28)16-35)33-21-8-5-7-17-18(15-27(29,30)31)23(38-25(17)21)9-6-13-32-22-10-11-24(37(3)4)34-26(22)36-2/h5,7-8,10-11,19-20,32-33H,12-16H2,1-4H3/t19-,20+/m0/s1. The van der Waals surface area contributed by atoms with Crippen molar-refractivity contribution in [1.82, 2.24) is 9.88 Å². The third-order valence-corrected chi connectivity index (χ3v) is 8.71. The number of pyridine rings is 1. The molecule has 4 rings (SSSR count). The number of ether oxygens (including phenoxy) is 1. The van der Waals surface area contributed by atoms with Crippen molar-refractivity contribution >= 4 is 46.2 Å². The molecule has 1 aliphatic heterocycles. The summed E-state index contributed by atoms with van der Waals surface area (Å²) in [4.78, 5) is 6.81. The van der Waals surface area contributed by atoms with E-state index in [2.05, 4.69) is 40.8 Å². The average Bonchev–Trinajstić information content (AvgIpc) is 3.20. The summed E-state index contributed by atoms with van der Waals surface area (Å²) in [7, 11) is 3.04. The Bertz CT molecular complexity index is 1330. The van der Waals surface area contributed by atoms with Gasteiger partial charge in [0.05, 0.1) is 52.5 Å². The lowest BCUT2D eigenvalue weighted by Gasteiger charge is -2.33. The van der Waals surface area contributed by atoms with Crippen molar-refractivity contribution in [2.75, 3.05) is 57.8 Å². The summed E-state index contributed by atoms with van der Waals surface area (Å²) in [6.45, 7) is 5.48. The second-order valence-corrected chi connectivity index (χ2v) is 12.7. The molecule has 0 spiro atoms. The molecule has 11 heteroatoms. The molecule has 0 unspecified atom stereocenters. The number of likely N-dealkylation sites (tertiary alicyclic amines) is 1. The zero-order valence-corrected chi connectivity index (χ0v) is 23.5. The predicted molar refractivity (Wildman–Crippen MR) is 151 cm³/mol. The number of nitrogens with zero attached hydrogens (tertiary/aromatic N) is 2. The van der Waals surface area contributed by atoms with E-state index in [9.17, 15) is 17.6 Å². The minimum atomic E-state index is -4.39. The van der Waals surface area contributed by atoms with Gasteiger partial charge in [0.15, 0.2) is 0 Å². The fourth-order valence-electron chi connectivity index (χ4n) is 4.41. The molecule has 1 saturated heterocycles. The van der Waals surface area contributed by atoms with Gasteiger partial charge in [-0.3, -0.25) is 0 Å². The maximum Gasteiger partial charge on any atom is 0.393 e. The predicted octanol–water partition coefficient (Wildman–Crippen LogP) is 5.69. The number of benzene rings is 1. The summed E-state index contributed by atoms with van der Waals surface area (Å²) in [6.07, 6.45) is -5.91. The second-order valence-electron chi connectivity index (χ2n) is 9.48. The molecule has 0 bridgehead atoms. The number of halogens is 4. The van der Waals surface area contributed by atoms with Gasteiger partial charge in [0.25, 0.3) is 0 Å². The van der Waals surface area contributed by atoms with Crippen LogP contribution < -0.4 is 20.8 Å². The molecule has 204 valence electrons. The summed E-state index contributed by atoms with van der Waals surface area (Å²) >= 11 is 1.21. The molecule has 0 saturated carbocycles. The van der Waals surface area contributed by atoms with Gasteiger partial charge >= 0.3 is 6.18 Å². The van der Waals surface area contributed by atoms with Crippen LogP contribution in [0.5, 0.6) is 5.88 Å². The van der Waals surface area contributed by atoms with Gasteiger partial charge in [0, 0.05) is 13.1 Å². The molecule has 0 aliphatic carbocycles. The fourth-order valence-corrected chi connectivity index (χ4v) is 6.25. The number of thiophene rings is 1. The zero-order valence-electron chi connectivity index (χ0n) is 21.7. The zero-order chi connectivity index (χ0) is 27.4. The Hall–Kier alpha value is -2.60. The second kappa shape index (κ2) is 12.1. The monoisotopic (exact) mass is 566 g/mol. The number of anilines is 2. The largest absolute Gasteiger partial charge is 0.480 e. The smallest absolute Gasteiger partial charge is 0.393 e. The summed E-state index contributed by atoms with van der Waals surface area (Å²) in [5, 5.41) is 6.90. The molecule has 1 aromatic carbocycles. The molecular weight excluding hydrogens is 535 g/mol. The normalized spacial score (nSPS) is 18.3. The maximum absolute atomic E-state index is 14.7. The van der Waals surface area contributed by atoms with E-state index < -0.39 is 24.8 Å². The molecule has 3 aromatic rings. The van der Waals surface area contributed by atoms with Crippen molar-refractivity contribution in [3.05, 3.63) is 40.8 Å². The van der Waals surface area contributed by atoms with Gasteiger partial charge in [0.1, 0.15) is 6.17 Å². The first-order valence-electron chi connectivity index (χ1n) is 12.2. The molecule has 1 aliphatic rings. The number of rotatable bonds is 7. The third-order valence-electron chi connectivity index (χ3n) is 6.35. The Balaban J connectivity index is 1.60. The van der Waals surface area contributed by atoms with Crippen LogP contribution >= 0.6 is 19.3 Å². The van der Waals surface area contributed by atoms with Crippen molar-refractivity contribution in [1.29, 1.82) is 0 Å². The number of aromatic nitrogens is 1. The summed E-state index contributed by atoms with van der Waals surface area (Å²) in [5.74, 6) is 6.36. The molecule has 38 heavy (non-hydrogen) atoms. The van der Waals surface area contributed by atoms with E-state index in [0.717, 1.165) is 12.0 Å². The van der Waals surface area contributed by atoms with Gasteiger partial charge in [-0.2, -0.15) is 13.2 Å². The minimum Gasteiger partial charge on any atom is -0.480 e. The van der Waals surface area contributed by atoms with Crippen LogP contribution in [0.3, 0.4) is 0 Å². The number of hydrogen-bond donors (Lipinski definition) is 2. The first-order valence-corrected chi connectivity index (χ1v) is 15.3. The molecule has 3 heterocycles. The van der Waals surface area contributed by atoms with Crippen molar-refractivity contribution in [2.24, 2.45) is 0 Å². The molecular formula is C27H31F4N4OPS. The summed E-state index contributed by atoms with van der Waals surface area (Å²) in [5.41, 5.74) is 2.41. The lowest BCUT2D eigenvalue weighted by Crippen LogP contribution is -2.46. The van der Waals surface area contributed by atoms with Crippen molar-refractivity contribution < 1.29 is 22.3 Å². The van der Waals surface area contributed by atoms with Crippen LogP contribution in [0.25, 0.3) is 10.1 Å². The fraction of sp³-hybridized carbons (Fsp3) is 0.444. The molecule has 5 nitrogen and oxygen atoms in total. The average molecular weight is 567 g/mol. The highest BCUT2D eigenvalue weighted by atomic mass is 32.1. The number of piperidine rings is 1. The van der Waals surface area contributed by atoms with Crippen LogP contribution in [0, 0.1) is 11.8 Å².